The first-order chi connectivity index (χ1) is 6.81. The highest BCUT2D eigenvalue weighted by Gasteiger charge is 1.98. The van der Waals surface area contributed by atoms with Gasteiger partial charge in [-0.1, -0.05) is 13.3 Å². The van der Waals surface area contributed by atoms with Gasteiger partial charge in [0.1, 0.15) is 6.61 Å². The highest BCUT2D eigenvalue weighted by atomic mass is 16.5. The van der Waals surface area contributed by atoms with E-state index in [2.05, 4.69) is 5.32 Å². The Morgan fingerprint density at radius 3 is 2.79 bits per heavy atom. The number of hydrogen-bond acceptors (Lipinski definition) is 3. The molecule has 0 unspecified atom stereocenters. The Morgan fingerprint density at radius 1 is 1.36 bits per heavy atom. The van der Waals surface area contributed by atoms with Crippen LogP contribution in [-0.2, 0) is 9.53 Å². The Labute approximate surface area is 86.2 Å². The number of ether oxygens (including phenoxy) is 1. The van der Waals surface area contributed by atoms with Crippen molar-refractivity contribution in [3.05, 3.63) is 0 Å². The summed E-state index contributed by atoms with van der Waals surface area (Å²) in [6.45, 7) is 4.32. The number of carbonyl (C=O) groups is 1. The second kappa shape index (κ2) is 10.5. The van der Waals surface area contributed by atoms with E-state index in [9.17, 15) is 4.79 Å². The monoisotopic (exact) mass is 202 g/mol. The van der Waals surface area contributed by atoms with Crippen LogP contribution in [0.1, 0.15) is 32.6 Å². The van der Waals surface area contributed by atoms with Crippen molar-refractivity contribution in [2.75, 3.05) is 26.3 Å². The molecule has 0 aliphatic carbocycles. The van der Waals surface area contributed by atoms with Crippen LogP contribution in [0.15, 0.2) is 0 Å². The summed E-state index contributed by atoms with van der Waals surface area (Å²) in [6, 6.07) is 0. The largest absolute Gasteiger partial charge is 0.372 e. The fourth-order valence-corrected chi connectivity index (χ4v) is 1.03. The fraction of sp³-hybridized carbons (Fsp3) is 0.900. The summed E-state index contributed by atoms with van der Waals surface area (Å²) in [5, 5.41) is 2.80. The van der Waals surface area contributed by atoms with Gasteiger partial charge in [-0.05, 0) is 25.8 Å². The predicted octanol–water partition coefficient (Wildman–Crippen LogP) is 0.658. The molecular weight excluding hydrogens is 180 g/mol. The van der Waals surface area contributed by atoms with Crippen LogP contribution >= 0.6 is 0 Å². The number of nitrogens with two attached hydrogens (primary N) is 1. The zero-order valence-corrected chi connectivity index (χ0v) is 9.05. The third-order valence-electron chi connectivity index (χ3n) is 1.78. The summed E-state index contributed by atoms with van der Waals surface area (Å²) in [6.07, 6.45) is 4.05. The number of rotatable bonds is 9. The second-order valence-electron chi connectivity index (χ2n) is 3.25. The highest BCUT2D eigenvalue weighted by Crippen LogP contribution is 1.90. The zero-order chi connectivity index (χ0) is 10.6. The van der Waals surface area contributed by atoms with Gasteiger partial charge in [0.05, 0.1) is 0 Å². The van der Waals surface area contributed by atoms with E-state index in [4.69, 9.17) is 10.5 Å². The quantitative estimate of drug-likeness (QED) is 0.540. The van der Waals surface area contributed by atoms with Gasteiger partial charge in [0.2, 0.25) is 5.91 Å². The van der Waals surface area contributed by atoms with Gasteiger partial charge in [-0.2, -0.15) is 0 Å². The molecule has 4 heteroatoms. The minimum Gasteiger partial charge on any atom is -0.372 e. The molecule has 0 saturated carbocycles. The van der Waals surface area contributed by atoms with Crippen LogP contribution in [0.3, 0.4) is 0 Å². The summed E-state index contributed by atoms with van der Waals surface area (Å²) in [5.74, 6) is -0.0220. The van der Waals surface area contributed by atoms with Gasteiger partial charge in [-0.15, -0.1) is 0 Å². The summed E-state index contributed by atoms with van der Waals surface area (Å²) in [7, 11) is 0. The maximum absolute atomic E-state index is 11.1. The van der Waals surface area contributed by atoms with Crippen LogP contribution in [0, 0.1) is 0 Å². The van der Waals surface area contributed by atoms with Crippen LogP contribution < -0.4 is 11.1 Å². The van der Waals surface area contributed by atoms with Gasteiger partial charge in [-0.3, -0.25) is 4.79 Å². The van der Waals surface area contributed by atoms with Crippen molar-refractivity contribution >= 4 is 5.91 Å². The lowest BCUT2D eigenvalue weighted by Gasteiger charge is -2.04. The standard InChI is InChI=1S/C10H22N2O2/c1-2-8-14-9-10(13)12-7-5-3-4-6-11/h2-9,11H2,1H3,(H,12,13). The van der Waals surface area contributed by atoms with Crippen molar-refractivity contribution in [3.8, 4) is 0 Å². The average molecular weight is 202 g/mol. The lowest BCUT2D eigenvalue weighted by molar-refractivity contribution is -0.125. The van der Waals surface area contributed by atoms with E-state index in [-0.39, 0.29) is 12.5 Å². The molecule has 0 bridgehead atoms. The lowest BCUT2D eigenvalue weighted by Crippen LogP contribution is -2.28. The molecule has 0 aromatic rings. The minimum atomic E-state index is -0.0220. The maximum Gasteiger partial charge on any atom is 0.245 e. The molecule has 0 aliphatic rings. The van der Waals surface area contributed by atoms with Crippen LogP contribution in [0.5, 0.6) is 0 Å². The van der Waals surface area contributed by atoms with Gasteiger partial charge in [0, 0.05) is 13.2 Å². The van der Waals surface area contributed by atoms with Crippen LogP contribution in [0.4, 0.5) is 0 Å². The third-order valence-corrected chi connectivity index (χ3v) is 1.78. The average Bonchev–Trinajstić information content (AvgIpc) is 2.18. The third kappa shape index (κ3) is 9.48. The minimum absolute atomic E-state index is 0.0220. The van der Waals surface area contributed by atoms with Crippen molar-refractivity contribution in [2.45, 2.75) is 32.6 Å². The smallest absolute Gasteiger partial charge is 0.245 e. The van der Waals surface area contributed by atoms with E-state index in [0.29, 0.717) is 6.61 Å². The van der Waals surface area contributed by atoms with Crippen molar-refractivity contribution in [2.24, 2.45) is 5.73 Å². The van der Waals surface area contributed by atoms with E-state index >= 15 is 0 Å². The number of carbonyl (C=O) groups excluding carboxylic acids is 1. The lowest BCUT2D eigenvalue weighted by atomic mass is 10.2. The molecule has 0 aromatic heterocycles. The molecule has 0 spiro atoms. The Bertz CT molecular complexity index is 140. The topological polar surface area (TPSA) is 64.3 Å². The molecule has 0 aliphatic heterocycles. The molecule has 3 N–H and O–H groups in total. The van der Waals surface area contributed by atoms with Gasteiger partial charge in [0.25, 0.3) is 0 Å². The van der Waals surface area contributed by atoms with Crippen LogP contribution in [0.25, 0.3) is 0 Å². The molecule has 14 heavy (non-hydrogen) atoms. The van der Waals surface area contributed by atoms with Crippen LogP contribution in [-0.4, -0.2) is 32.2 Å². The zero-order valence-electron chi connectivity index (χ0n) is 9.05. The molecule has 1 amide bonds. The molecule has 0 saturated heterocycles. The highest BCUT2D eigenvalue weighted by molar-refractivity contribution is 5.77. The number of amides is 1. The molecule has 0 fully saturated rings. The Kier molecular flexibility index (Phi) is 10.0. The molecule has 0 radical (unpaired) electrons. The normalized spacial score (nSPS) is 10.1. The molecule has 84 valence electrons. The summed E-state index contributed by atoms with van der Waals surface area (Å²) in [4.78, 5) is 11.1. The number of nitrogens with one attached hydrogen (secondary N) is 1. The molecular formula is C10H22N2O2. The van der Waals surface area contributed by atoms with Crippen molar-refractivity contribution in [1.29, 1.82) is 0 Å². The van der Waals surface area contributed by atoms with Crippen LogP contribution in [0.2, 0.25) is 0 Å². The van der Waals surface area contributed by atoms with Gasteiger partial charge in [-0.25, -0.2) is 0 Å². The summed E-state index contributed by atoms with van der Waals surface area (Å²) >= 11 is 0. The Hall–Kier alpha value is -0.610. The van der Waals surface area contributed by atoms with Crippen molar-refractivity contribution < 1.29 is 9.53 Å². The van der Waals surface area contributed by atoms with Crippen molar-refractivity contribution in [3.63, 3.8) is 0 Å². The predicted molar refractivity (Wildman–Crippen MR) is 57.0 cm³/mol. The van der Waals surface area contributed by atoms with E-state index in [1.807, 2.05) is 6.92 Å². The summed E-state index contributed by atoms with van der Waals surface area (Å²) < 4.78 is 5.09. The molecule has 0 heterocycles. The summed E-state index contributed by atoms with van der Waals surface area (Å²) in [5.41, 5.74) is 5.34. The first kappa shape index (κ1) is 13.4. The number of hydrogen-bond donors (Lipinski definition) is 2. The van der Waals surface area contributed by atoms with E-state index < -0.39 is 0 Å². The molecule has 0 rings (SSSR count). The van der Waals surface area contributed by atoms with Crippen molar-refractivity contribution in [1.82, 2.24) is 5.32 Å². The molecule has 0 atom stereocenters. The fourth-order valence-electron chi connectivity index (χ4n) is 1.03. The van der Waals surface area contributed by atoms with Gasteiger partial charge < -0.3 is 15.8 Å². The Morgan fingerprint density at radius 2 is 2.14 bits per heavy atom. The SMILES string of the molecule is CCCOCC(=O)NCCCCCN. The number of unbranched alkanes of at least 4 members (excludes halogenated alkanes) is 2. The van der Waals surface area contributed by atoms with E-state index in [1.165, 1.54) is 0 Å². The molecule has 4 nitrogen and oxygen atoms in total. The maximum atomic E-state index is 11.1. The first-order valence-electron chi connectivity index (χ1n) is 5.35. The second-order valence-corrected chi connectivity index (χ2v) is 3.25. The Balaban J connectivity index is 3.10. The van der Waals surface area contributed by atoms with Gasteiger partial charge >= 0.3 is 0 Å². The first-order valence-corrected chi connectivity index (χ1v) is 5.35. The molecule has 0 aromatic carbocycles. The van der Waals surface area contributed by atoms with E-state index in [0.717, 1.165) is 38.8 Å². The van der Waals surface area contributed by atoms with E-state index in [1.54, 1.807) is 0 Å². The van der Waals surface area contributed by atoms with Gasteiger partial charge in [0.15, 0.2) is 0 Å².